The molecule has 1 N–H and O–H groups in total. The molecule has 110 valence electrons. The summed E-state index contributed by atoms with van der Waals surface area (Å²) in [6.07, 6.45) is 4.97. The van der Waals surface area contributed by atoms with Crippen molar-refractivity contribution in [3.8, 4) is 0 Å². The Hall–Kier alpha value is -1.35. The zero-order chi connectivity index (χ0) is 14.8. The van der Waals surface area contributed by atoms with Crippen LogP contribution in [0, 0.1) is 5.82 Å². The van der Waals surface area contributed by atoms with E-state index in [9.17, 15) is 4.39 Å². The van der Waals surface area contributed by atoms with Crippen LogP contribution in [0.2, 0.25) is 0 Å². The fourth-order valence-corrected chi connectivity index (χ4v) is 3.31. The van der Waals surface area contributed by atoms with Gasteiger partial charge in [0.1, 0.15) is 5.82 Å². The highest BCUT2D eigenvalue weighted by atomic mass is 79.9. The van der Waals surface area contributed by atoms with Crippen LogP contribution < -0.4 is 5.32 Å². The standard InChI is InChI=1S/C18H19BrFN/c1-12(21-18-11-16(20)8-9-17(18)19)14-7-6-13-4-2-3-5-15(13)10-14/h6-12,21H,2-5H2,1H3. The smallest absolute Gasteiger partial charge is 0.125 e. The minimum Gasteiger partial charge on any atom is -0.378 e. The first-order valence-corrected chi connectivity index (χ1v) is 8.26. The Balaban J connectivity index is 1.82. The molecular weight excluding hydrogens is 329 g/mol. The topological polar surface area (TPSA) is 12.0 Å². The van der Waals surface area contributed by atoms with Gasteiger partial charge in [-0.2, -0.15) is 0 Å². The van der Waals surface area contributed by atoms with Gasteiger partial charge in [0.05, 0.1) is 5.69 Å². The number of halogens is 2. The fraction of sp³-hybridized carbons (Fsp3) is 0.333. The van der Waals surface area contributed by atoms with Crippen molar-refractivity contribution in [3.63, 3.8) is 0 Å². The lowest BCUT2D eigenvalue weighted by atomic mass is 9.89. The molecule has 1 nitrogen and oxygen atoms in total. The van der Waals surface area contributed by atoms with E-state index < -0.39 is 0 Å². The number of hydrogen-bond donors (Lipinski definition) is 1. The van der Waals surface area contributed by atoms with E-state index >= 15 is 0 Å². The summed E-state index contributed by atoms with van der Waals surface area (Å²) < 4.78 is 14.2. The molecule has 1 atom stereocenters. The van der Waals surface area contributed by atoms with E-state index in [1.54, 1.807) is 6.07 Å². The van der Waals surface area contributed by atoms with Gasteiger partial charge in [0.15, 0.2) is 0 Å². The van der Waals surface area contributed by atoms with E-state index in [2.05, 4.69) is 46.4 Å². The Bertz CT molecular complexity index is 654. The SMILES string of the molecule is CC(Nc1cc(F)ccc1Br)c1ccc2c(c1)CCCC2. The summed E-state index contributed by atoms with van der Waals surface area (Å²) in [6.45, 7) is 2.11. The van der Waals surface area contributed by atoms with Crippen LogP contribution in [0.1, 0.15) is 42.5 Å². The van der Waals surface area contributed by atoms with Gasteiger partial charge >= 0.3 is 0 Å². The van der Waals surface area contributed by atoms with Gasteiger partial charge in [-0.3, -0.25) is 0 Å². The van der Waals surface area contributed by atoms with Gasteiger partial charge in [0.25, 0.3) is 0 Å². The van der Waals surface area contributed by atoms with Crippen molar-refractivity contribution < 1.29 is 4.39 Å². The van der Waals surface area contributed by atoms with Gasteiger partial charge in [0, 0.05) is 10.5 Å². The van der Waals surface area contributed by atoms with Crippen molar-refractivity contribution in [1.29, 1.82) is 0 Å². The maximum absolute atomic E-state index is 13.4. The highest BCUT2D eigenvalue weighted by Crippen LogP contribution is 2.29. The van der Waals surface area contributed by atoms with Gasteiger partial charge in [-0.05, 0) is 83.4 Å². The highest BCUT2D eigenvalue weighted by molar-refractivity contribution is 9.10. The molecule has 21 heavy (non-hydrogen) atoms. The van der Waals surface area contributed by atoms with Gasteiger partial charge in [-0.25, -0.2) is 4.39 Å². The van der Waals surface area contributed by atoms with Gasteiger partial charge in [0.2, 0.25) is 0 Å². The zero-order valence-corrected chi connectivity index (χ0v) is 13.7. The molecule has 1 aliphatic rings. The van der Waals surface area contributed by atoms with Crippen LogP contribution in [-0.2, 0) is 12.8 Å². The predicted molar refractivity (Wildman–Crippen MR) is 89.2 cm³/mol. The molecule has 0 saturated carbocycles. The van der Waals surface area contributed by atoms with E-state index in [1.807, 2.05) is 0 Å². The number of hydrogen-bond acceptors (Lipinski definition) is 1. The first-order chi connectivity index (χ1) is 10.1. The van der Waals surface area contributed by atoms with Crippen LogP contribution in [0.25, 0.3) is 0 Å². The second-order valence-electron chi connectivity index (χ2n) is 5.73. The molecule has 0 bridgehead atoms. The molecule has 0 radical (unpaired) electrons. The average Bonchev–Trinajstić information content (AvgIpc) is 2.50. The summed E-state index contributed by atoms with van der Waals surface area (Å²) >= 11 is 3.46. The van der Waals surface area contributed by atoms with Crippen LogP contribution in [0.4, 0.5) is 10.1 Å². The van der Waals surface area contributed by atoms with Crippen molar-refractivity contribution in [2.45, 2.75) is 38.6 Å². The Morgan fingerprint density at radius 3 is 2.62 bits per heavy atom. The van der Waals surface area contributed by atoms with Crippen molar-refractivity contribution in [1.82, 2.24) is 0 Å². The number of aryl methyl sites for hydroxylation is 2. The third-order valence-electron chi connectivity index (χ3n) is 4.17. The maximum atomic E-state index is 13.4. The van der Waals surface area contributed by atoms with Crippen LogP contribution in [0.15, 0.2) is 40.9 Å². The van der Waals surface area contributed by atoms with Crippen molar-refractivity contribution in [2.75, 3.05) is 5.32 Å². The van der Waals surface area contributed by atoms with E-state index in [1.165, 1.54) is 54.5 Å². The van der Waals surface area contributed by atoms with E-state index in [-0.39, 0.29) is 11.9 Å². The van der Waals surface area contributed by atoms with E-state index in [0.717, 1.165) is 10.2 Å². The Kier molecular flexibility index (Phi) is 4.29. The monoisotopic (exact) mass is 347 g/mol. The molecule has 3 rings (SSSR count). The van der Waals surface area contributed by atoms with Crippen LogP contribution in [-0.4, -0.2) is 0 Å². The summed E-state index contributed by atoms with van der Waals surface area (Å²) in [7, 11) is 0. The van der Waals surface area contributed by atoms with Crippen LogP contribution in [0.3, 0.4) is 0 Å². The fourth-order valence-electron chi connectivity index (χ4n) is 2.95. The second-order valence-corrected chi connectivity index (χ2v) is 6.58. The molecule has 3 heteroatoms. The Labute approximate surface area is 133 Å². The minimum absolute atomic E-state index is 0.148. The van der Waals surface area contributed by atoms with Crippen LogP contribution >= 0.6 is 15.9 Å². The molecule has 0 aliphatic heterocycles. The summed E-state index contributed by atoms with van der Waals surface area (Å²) in [5.74, 6) is -0.224. The van der Waals surface area contributed by atoms with Crippen molar-refractivity contribution in [2.24, 2.45) is 0 Å². The first-order valence-electron chi connectivity index (χ1n) is 7.47. The summed E-state index contributed by atoms with van der Waals surface area (Å²) in [5.41, 5.74) is 5.02. The lowest BCUT2D eigenvalue weighted by Gasteiger charge is -2.21. The third-order valence-corrected chi connectivity index (χ3v) is 4.86. The van der Waals surface area contributed by atoms with E-state index in [4.69, 9.17) is 0 Å². The Morgan fingerprint density at radius 2 is 1.81 bits per heavy atom. The lowest BCUT2D eigenvalue weighted by Crippen LogP contribution is -2.10. The van der Waals surface area contributed by atoms with Crippen molar-refractivity contribution in [3.05, 3.63) is 63.4 Å². The second kappa shape index (κ2) is 6.18. The lowest BCUT2D eigenvalue weighted by molar-refractivity contribution is 0.627. The third kappa shape index (κ3) is 3.29. The highest BCUT2D eigenvalue weighted by Gasteiger charge is 2.13. The first kappa shape index (κ1) is 14.6. The normalized spacial score (nSPS) is 15.4. The van der Waals surface area contributed by atoms with Gasteiger partial charge < -0.3 is 5.32 Å². The molecule has 0 amide bonds. The molecule has 0 fully saturated rings. The Morgan fingerprint density at radius 1 is 1.05 bits per heavy atom. The largest absolute Gasteiger partial charge is 0.378 e. The molecule has 1 unspecified atom stereocenters. The molecule has 1 aliphatic carbocycles. The molecule has 0 spiro atoms. The molecule has 0 saturated heterocycles. The van der Waals surface area contributed by atoms with Crippen molar-refractivity contribution >= 4 is 21.6 Å². The van der Waals surface area contributed by atoms with Gasteiger partial charge in [-0.15, -0.1) is 0 Å². The quantitative estimate of drug-likeness (QED) is 0.757. The number of rotatable bonds is 3. The maximum Gasteiger partial charge on any atom is 0.125 e. The number of anilines is 1. The van der Waals surface area contributed by atoms with Gasteiger partial charge in [-0.1, -0.05) is 18.2 Å². The molecule has 2 aromatic carbocycles. The number of benzene rings is 2. The summed E-state index contributed by atoms with van der Waals surface area (Å²) in [5, 5.41) is 3.39. The average molecular weight is 348 g/mol. The molecular formula is C18H19BrFN. The minimum atomic E-state index is -0.224. The number of nitrogens with one attached hydrogen (secondary N) is 1. The predicted octanol–water partition coefficient (Wildman–Crippen LogP) is 5.64. The molecule has 0 aromatic heterocycles. The van der Waals surface area contributed by atoms with Crippen LogP contribution in [0.5, 0.6) is 0 Å². The molecule has 2 aromatic rings. The van der Waals surface area contributed by atoms with E-state index in [0.29, 0.717) is 0 Å². The number of fused-ring (bicyclic) bond motifs is 1. The zero-order valence-electron chi connectivity index (χ0n) is 12.1. The molecule has 0 heterocycles. The summed E-state index contributed by atoms with van der Waals surface area (Å²) in [6, 6.07) is 11.6. The summed E-state index contributed by atoms with van der Waals surface area (Å²) in [4.78, 5) is 0.